The molecule has 2 aromatic rings. The summed E-state index contributed by atoms with van der Waals surface area (Å²) >= 11 is 14.2. The molecule has 0 bridgehead atoms. The Bertz CT molecular complexity index is 592. The van der Waals surface area contributed by atoms with E-state index in [1.165, 1.54) is 11.3 Å². The van der Waals surface area contributed by atoms with Gasteiger partial charge in [-0.1, -0.05) is 23.7 Å². The summed E-state index contributed by atoms with van der Waals surface area (Å²) in [4.78, 5) is 12.2. The van der Waals surface area contributed by atoms with Gasteiger partial charge in [0.1, 0.15) is 0 Å². The summed E-state index contributed by atoms with van der Waals surface area (Å²) in [5.74, 6) is -0.0271. The van der Waals surface area contributed by atoms with Crippen LogP contribution in [-0.2, 0) is 0 Å². The molecule has 0 fully saturated rings. The molecule has 2 rings (SSSR count). The molecule has 1 aromatic heterocycles. The van der Waals surface area contributed by atoms with Gasteiger partial charge in [0, 0.05) is 16.1 Å². The van der Waals surface area contributed by atoms with Gasteiger partial charge >= 0.3 is 0 Å². The number of carbonyl (C=O) groups is 1. The van der Waals surface area contributed by atoms with Crippen LogP contribution < -0.4 is 0 Å². The molecule has 0 saturated carbocycles. The third-order valence-corrected chi connectivity index (χ3v) is 5.08. The number of thiophene rings is 1. The highest BCUT2D eigenvalue weighted by molar-refractivity contribution is 9.12. The van der Waals surface area contributed by atoms with Crippen molar-refractivity contribution < 1.29 is 4.79 Å². The van der Waals surface area contributed by atoms with E-state index in [9.17, 15) is 4.79 Å². The van der Waals surface area contributed by atoms with Crippen LogP contribution in [0.3, 0.4) is 0 Å². The van der Waals surface area contributed by atoms with E-state index in [1.807, 2.05) is 19.1 Å². The fourth-order valence-electron chi connectivity index (χ4n) is 1.38. The maximum Gasteiger partial charge on any atom is 0.195 e. The lowest BCUT2D eigenvalue weighted by atomic mass is 10.0. The molecule has 1 heterocycles. The largest absolute Gasteiger partial charge is 0.289 e. The van der Waals surface area contributed by atoms with Crippen LogP contribution in [0.1, 0.15) is 21.5 Å². The van der Waals surface area contributed by atoms with E-state index in [4.69, 9.17) is 11.6 Å². The Morgan fingerprint density at radius 2 is 2.00 bits per heavy atom. The molecule has 0 aliphatic carbocycles. The Labute approximate surface area is 125 Å². The highest BCUT2D eigenvalue weighted by Gasteiger charge is 2.16. The second-order valence-electron chi connectivity index (χ2n) is 3.53. The minimum Gasteiger partial charge on any atom is -0.289 e. The first-order chi connectivity index (χ1) is 7.99. The first-order valence-corrected chi connectivity index (χ1v) is 7.53. The summed E-state index contributed by atoms with van der Waals surface area (Å²) in [5.41, 5.74) is 2.22. The highest BCUT2D eigenvalue weighted by atomic mass is 79.9. The molecule has 5 heteroatoms. The van der Waals surface area contributed by atoms with Crippen LogP contribution in [0, 0.1) is 6.92 Å². The fraction of sp³-hybridized carbons (Fsp3) is 0.0833. The third kappa shape index (κ3) is 2.81. The lowest BCUT2D eigenvalue weighted by Crippen LogP contribution is -2.00. The van der Waals surface area contributed by atoms with E-state index in [-0.39, 0.29) is 5.78 Å². The highest BCUT2D eigenvalue weighted by Crippen LogP contribution is 2.33. The molecular formula is C12H7Br2ClOS. The number of ketones is 1. The molecule has 1 aromatic carbocycles. The topological polar surface area (TPSA) is 17.1 Å². The Kier molecular flexibility index (Phi) is 4.08. The summed E-state index contributed by atoms with van der Waals surface area (Å²) in [6.07, 6.45) is 0. The van der Waals surface area contributed by atoms with E-state index in [2.05, 4.69) is 31.9 Å². The maximum atomic E-state index is 12.2. The quantitative estimate of drug-likeness (QED) is 0.618. The van der Waals surface area contributed by atoms with Gasteiger partial charge in [0.15, 0.2) is 5.78 Å². The lowest BCUT2D eigenvalue weighted by molar-refractivity contribution is 0.103. The second-order valence-corrected chi connectivity index (χ2v) is 7.69. The monoisotopic (exact) mass is 392 g/mol. The predicted octanol–water partition coefficient (Wildman–Crippen LogP) is 5.47. The fourth-order valence-corrected chi connectivity index (χ4v) is 4.36. The van der Waals surface area contributed by atoms with Gasteiger partial charge in [-0.3, -0.25) is 4.79 Å². The minimum absolute atomic E-state index is 0.0271. The Hall–Kier alpha value is -0.160. The zero-order valence-electron chi connectivity index (χ0n) is 8.76. The van der Waals surface area contributed by atoms with E-state index in [0.29, 0.717) is 16.1 Å². The molecule has 0 aliphatic heterocycles. The average Bonchev–Trinajstić information content (AvgIpc) is 2.61. The molecule has 0 radical (unpaired) electrons. The van der Waals surface area contributed by atoms with Crippen LogP contribution in [0.5, 0.6) is 0 Å². The molecule has 0 spiro atoms. The zero-order chi connectivity index (χ0) is 12.6. The van der Waals surface area contributed by atoms with Crippen molar-refractivity contribution in [2.24, 2.45) is 0 Å². The number of aryl methyl sites for hydroxylation is 1. The molecule has 0 aliphatic rings. The summed E-state index contributed by atoms with van der Waals surface area (Å²) in [7, 11) is 0. The number of halogens is 3. The Morgan fingerprint density at radius 3 is 2.53 bits per heavy atom. The summed E-state index contributed by atoms with van der Waals surface area (Å²) in [6.45, 7) is 1.91. The molecule has 0 atom stereocenters. The lowest BCUT2D eigenvalue weighted by Gasteiger charge is -2.02. The maximum absolute atomic E-state index is 12.2. The van der Waals surface area contributed by atoms with Crippen molar-refractivity contribution in [2.75, 3.05) is 0 Å². The minimum atomic E-state index is -0.0271. The molecular weight excluding hydrogens is 387 g/mol. The molecule has 88 valence electrons. The molecule has 0 N–H and O–H groups in total. The van der Waals surface area contributed by atoms with Gasteiger partial charge in [0.05, 0.1) is 7.57 Å². The van der Waals surface area contributed by atoms with Crippen molar-refractivity contribution in [3.05, 3.63) is 53.6 Å². The number of benzene rings is 1. The van der Waals surface area contributed by atoms with Crippen LogP contribution in [0.2, 0.25) is 5.02 Å². The van der Waals surface area contributed by atoms with Crippen LogP contribution in [-0.4, -0.2) is 5.78 Å². The normalized spacial score (nSPS) is 10.6. The van der Waals surface area contributed by atoms with E-state index >= 15 is 0 Å². The van der Waals surface area contributed by atoms with Crippen molar-refractivity contribution in [2.45, 2.75) is 6.92 Å². The number of hydrogen-bond donors (Lipinski definition) is 0. The van der Waals surface area contributed by atoms with E-state index in [1.54, 1.807) is 12.1 Å². The SMILES string of the molecule is Cc1ccc(C(=O)c2cc(Br)sc2Br)cc1Cl. The van der Waals surface area contributed by atoms with E-state index < -0.39 is 0 Å². The molecule has 0 unspecified atom stereocenters. The third-order valence-electron chi connectivity index (χ3n) is 2.34. The van der Waals surface area contributed by atoms with E-state index in [0.717, 1.165) is 13.1 Å². The van der Waals surface area contributed by atoms with Crippen molar-refractivity contribution >= 4 is 60.6 Å². The predicted molar refractivity (Wildman–Crippen MR) is 79.3 cm³/mol. The van der Waals surface area contributed by atoms with Gasteiger partial charge < -0.3 is 0 Å². The van der Waals surface area contributed by atoms with Gasteiger partial charge in [-0.2, -0.15) is 0 Å². The second kappa shape index (κ2) is 5.22. The molecule has 0 amide bonds. The number of rotatable bonds is 2. The first-order valence-electron chi connectivity index (χ1n) is 4.74. The summed E-state index contributed by atoms with van der Waals surface area (Å²) < 4.78 is 1.75. The summed E-state index contributed by atoms with van der Waals surface area (Å²) in [6, 6.07) is 7.16. The molecule has 1 nitrogen and oxygen atoms in total. The number of hydrogen-bond acceptors (Lipinski definition) is 2. The number of carbonyl (C=O) groups excluding carboxylic acids is 1. The van der Waals surface area contributed by atoms with Gasteiger partial charge in [0.2, 0.25) is 0 Å². The van der Waals surface area contributed by atoms with Crippen LogP contribution in [0.25, 0.3) is 0 Å². The van der Waals surface area contributed by atoms with Gasteiger partial charge in [-0.05, 0) is 56.5 Å². The Morgan fingerprint density at radius 1 is 1.29 bits per heavy atom. The van der Waals surface area contributed by atoms with Crippen molar-refractivity contribution in [3.8, 4) is 0 Å². The van der Waals surface area contributed by atoms with Crippen LogP contribution in [0.15, 0.2) is 31.8 Å². The average molecular weight is 395 g/mol. The van der Waals surface area contributed by atoms with Crippen LogP contribution >= 0.6 is 54.8 Å². The molecule has 17 heavy (non-hydrogen) atoms. The van der Waals surface area contributed by atoms with Crippen molar-refractivity contribution in [3.63, 3.8) is 0 Å². The zero-order valence-corrected chi connectivity index (χ0v) is 13.5. The standard InChI is InChI=1S/C12H7Br2ClOS/c1-6-2-3-7(4-9(6)15)11(16)8-5-10(13)17-12(8)14/h2-5H,1H3. The first kappa shape index (κ1) is 13.3. The van der Waals surface area contributed by atoms with Gasteiger partial charge in [-0.15, -0.1) is 11.3 Å². The van der Waals surface area contributed by atoms with Gasteiger partial charge in [0.25, 0.3) is 0 Å². The van der Waals surface area contributed by atoms with Crippen molar-refractivity contribution in [1.29, 1.82) is 0 Å². The van der Waals surface area contributed by atoms with Crippen molar-refractivity contribution in [1.82, 2.24) is 0 Å². The smallest absolute Gasteiger partial charge is 0.195 e. The van der Waals surface area contributed by atoms with Gasteiger partial charge in [-0.25, -0.2) is 0 Å². The van der Waals surface area contributed by atoms with Crippen LogP contribution in [0.4, 0.5) is 0 Å². The molecule has 0 saturated heterocycles. The Balaban J connectivity index is 2.44. The summed E-state index contributed by atoms with van der Waals surface area (Å²) in [5, 5.41) is 0.612.